The summed E-state index contributed by atoms with van der Waals surface area (Å²) in [6.07, 6.45) is 2.86. The van der Waals surface area contributed by atoms with Crippen LogP contribution in [-0.4, -0.2) is 29.3 Å². The van der Waals surface area contributed by atoms with Crippen LogP contribution in [0, 0.1) is 0 Å². The van der Waals surface area contributed by atoms with Gasteiger partial charge < -0.3 is 15.0 Å². The molecule has 2 N–H and O–H groups in total. The highest BCUT2D eigenvalue weighted by atomic mass is 32.2. The van der Waals surface area contributed by atoms with E-state index in [9.17, 15) is 0 Å². The normalized spacial score (nSPS) is 12.4. The Morgan fingerprint density at radius 2 is 2.32 bits per heavy atom. The Morgan fingerprint density at radius 3 is 3.05 bits per heavy atom. The molecule has 0 aliphatic rings. The number of methoxy groups -OCH3 is 1. The van der Waals surface area contributed by atoms with Crippen molar-refractivity contribution >= 4 is 11.8 Å². The lowest BCUT2D eigenvalue weighted by molar-refractivity contribution is 0.353. The fourth-order valence-corrected chi connectivity index (χ4v) is 2.12. The molecule has 2 aromatic rings. The third kappa shape index (κ3) is 3.48. The van der Waals surface area contributed by atoms with Crippen molar-refractivity contribution < 1.29 is 9.26 Å². The van der Waals surface area contributed by atoms with Crippen LogP contribution in [0.3, 0.4) is 0 Å². The molecule has 2 rings (SSSR count). The molecular formula is C13H17N3O2S. The summed E-state index contributed by atoms with van der Waals surface area (Å²) in [5.41, 5.74) is 6.85. The average molecular weight is 279 g/mol. The van der Waals surface area contributed by atoms with Crippen molar-refractivity contribution in [2.75, 3.05) is 19.1 Å². The predicted molar refractivity (Wildman–Crippen MR) is 76.2 cm³/mol. The van der Waals surface area contributed by atoms with Crippen molar-refractivity contribution in [3.8, 4) is 17.1 Å². The van der Waals surface area contributed by atoms with Gasteiger partial charge in [-0.3, -0.25) is 0 Å². The molecule has 1 aromatic carbocycles. The largest absolute Gasteiger partial charge is 0.497 e. The summed E-state index contributed by atoms with van der Waals surface area (Å²) in [6.45, 7) is 0. The molecule has 0 saturated carbocycles. The second-order valence-corrected chi connectivity index (χ2v) is 5.06. The molecule has 0 amide bonds. The highest BCUT2D eigenvalue weighted by Gasteiger charge is 2.15. The lowest BCUT2D eigenvalue weighted by Crippen LogP contribution is -2.11. The number of nitrogens with two attached hydrogens (primary N) is 1. The summed E-state index contributed by atoms with van der Waals surface area (Å²) in [4.78, 5) is 4.34. The monoisotopic (exact) mass is 279 g/mol. The van der Waals surface area contributed by atoms with Crippen LogP contribution in [0.5, 0.6) is 5.75 Å². The zero-order valence-electron chi connectivity index (χ0n) is 11.0. The Kier molecular flexibility index (Phi) is 4.81. The number of nitrogens with zero attached hydrogens (tertiary/aromatic N) is 2. The Hall–Kier alpha value is -1.53. The van der Waals surface area contributed by atoms with Crippen molar-refractivity contribution in [1.29, 1.82) is 0 Å². The zero-order valence-corrected chi connectivity index (χ0v) is 11.8. The first-order valence-electron chi connectivity index (χ1n) is 5.97. The van der Waals surface area contributed by atoms with Crippen LogP contribution in [-0.2, 0) is 0 Å². The van der Waals surface area contributed by atoms with Gasteiger partial charge in [-0.15, -0.1) is 0 Å². The van der Waals surface area contributed by atoms with Gasteiger partial charge in [0, 0.05) is 5.56 Å². The molecule has 19 heavy (non-hydrogen) atoms. The average Bonchev–Trinajstić information content (AvgIpc) is 2.94. The van der Waals surface area contributed by atoms with E-state index in [2.05, 4.69) is 10.1 Å². The summed E-state index contributed by atoms with van der Waals surface area (Å²) in [7, 11) is 1.62. The van der Waals surface area contributed by atoms with E-state index in [0.717, 1.165) is 23.5 Å². The van der Waals surface area contributed by atoms with Gasteiger partial charge in [-0.1, -0.05) is 17.3 Å². The Balaban J connectivity index is 2.15. The summed E-state index contributed by atoms with van der Waals surface area (Å²) in [5, 5.41) is 3.96. The van der Waals surface area contributed by atoms with Gasteiger partial charge in [0.2, 0.25) is 11.7 Å². The zero-order chi connectivity index (χ0) is 13.7. The molecule has 1 atom stereocenters. The molecule has 0 fully saturated rings. The minimum absolute atomic E-state index is 0.209. The number of hydrogen-bond donors (Lipinski definition) is 1. The Morgan fingerprint density at radius 1 is 1.47 bits per heavy atom. The lowest BCUT2D eigenvalue weighted by atomic mass is 10.2. The van der Waals surface area contributed by atoms with E-state index in [1.165, 1.54) is 0 Å². The van der Waals surface area contributed by atoms with Crippen LogP contribution in [0.25, 0.3) is 11.4 Å². The number of hydrogen-bond acceptors (Lipinski definition) is 6. The standard InChI is InChI=1S/C13H17N3O2S/c1-17-10-5-3-4-9(8-10)12-15-13(18-16-12)11(14)6-7-19-2/h3-5,8,11H,6-7,14H2,1-2H3/t11-/m1/s1. The van der Waals surface area contributed by atoms with E-state index in [-0.39, 0.29) is 6.04 Å². The van der Waals surface area contributed by atoms with Crippen molar-refractivity contribution in [3.05, 3.63) is 30.2 Å². The molecule has 0 saturated heterocycles. The first kappa shape index (κ1) is 13.9. The maximum atomic E-state index is 5.99. The minimum atomic E-state index is -0.209. The number of aromatic nitrogens is 2. The van der Waals surface area contributed by atoms with Crippen molar-refractivity contribution in [3.63, 3.8) is 0 Å². The first-order valence-corrected chi connectivity index (χ1v) is 7.36. The third-order valence-electron chi connectivity index (χ3n) is 2.72. The minimum Gasteiger partial charge on any atom is -0.497 e. The SMILES string of the molecule is COc1cccc(-c2noc([C@H](N)CCSC)n2)c1. The molecule has 0 spiro atoms. The fraction of sp³-hybridized carbons (Fsp3) is 0.385. The summed E-state index contributed by atoms with van der Waals surface area (Å²) < 4.78 is 10.4. The van der Waals surface area contributed by atoms with Crippen LogP contribution in [0.1, 0.15) is 18.4 Å². The molecule has 1 heterocycles. The number of benzene rings is 1. The highest BCUT2D eigenvalue weighted by molar-refractivity contribution is 7.98. The van der Waals surface area contributed by atoms with Gasteiger partial charge in [-0.05, 0) is 30.6 Å². The molecule has 0 aliphatic carbocycles. The van der Waals surface area contributed by atoms with Crippen LogP contribution >= 0.6 is 11.8 Å². The van der Waals surface area contributed by atoms with Crippen molar-refractivity contribution in [2.45, 2.75) is 12.5 Å². The molecule has 0 aliphatic heterocycles. The maximum absolute atomic E-state index is 5.99. The summed E-state index contributed by atoms with van der Waals surface area (Å²) >= 11 is 1.75. The van der Waals surface area contributed by atoms with E-state index >= 15 is 0 Å². The Labute approximate surface area is 116 Å². The van der Waals surface area contributed by atoms with E-state index in [1.54, 1.807) is 18.9 Å². The second-order valence-electron chi connectivity index (χ2n) is 4.08. The van der Waals surface area contributed by atoms with Gasteiger partial charge in [0.05, 0.1) is 13.2 Å². The molecular weight excluding hydrogens is 262 g/mol. The molecule has 1 aromatic heterocycles. The Bertz CT molecular complexity index is 530. The maximum Gasteiger partial charge on any atom is 0.243 e. The first-order chi connectivity index (χ1) is 9.24. The molecule has 102 valence electrons. The number of thioether (sulfide) groups is 1. The number of rotatable bonds is 6. The van der Waals surface area contributed by atoms with E-state index < -0.39 is 0 Å². The lowest BCUT2D eigenvalue weighted by Gasteiger charge is -2.03. The summed E-state index contributed by atoms with van der Waals surface area (Å²) in [5.74, 6) is 2.74. The van der Waals surface area contributed by atoms with Crippen LogP contribution in [0.2, 0.25) is 0 Å². The van der Waals surface area contributed by atoms with Gasteiger partial charge in [0.25, 0.3) is 0 Å². The van der Waals surface area contributed by atoms with Gasteiger partial charge in [-0.25, -0.2) is 0 Å². The fourth-order valence-electron chi connectivity index (χ4n) is 1.63. The van der Waals surface area contributed by atoms with Gasteiger partial charge in [-0.2, -0.15) is 16.7 Å². The molecule has 0 unspecified atom stereocenters. The van der Waals surface area contributed by atoms with Crippen molar-refractivity contribution in [2.24, 2.45) is 5.73 Å². The number of ether oxygens (including phenoxy) is 1. The quantitative estimate of drug-likeness (QED) is 0.875. The molecule has 6 heteroatoms. The molecule has 0 radical (unpaired) electrons. The van der Waals surface area contributed by atoms with Gasteiger partial charge in [0.15, 0.2) is 0 Å². The van der Waals surface area contributed by atoms with E-state index in [0.29, 0.717) is 11.7 Å². The highest BCUT2D eigenvalue weighted by Crippen LogP contribution is 2.23. The van der Waals surface area contributed by atoms with Crippen LogP contribution in [0.4, 0.5) is 0 Å². The topological polar surface area (TPSA) is 74.2 Å². The van der Waals surface area contributed by atoms with Crippen LogP contribution < -0.4 is 10.5 Å². The van der Waals surface area contributed by atoms with E-state index in [1.807, 2.05) is 30.5 Å². The van der Waals surface area contributed by atoms with Gasteiger partial charge in [0.1, 0.15) is 5.75 Å². The second kappa shape index (κ2) is 6.58. The smallest absolute Gasteiger partial charge is 0.243 e. The van der Waals surface area contributed by atoms with E-state index in [4.69, 9.17) is 15.0 Å². The molecule has 5 nitrogen and oxygen atoms in total. The van der Waals surface area contributed by atoms with Crippen LogP contribution in [0.15, 0.2) is 28.8 Å². The third-order valence-corrected chi connectivity index (χ3v) is 3.36. The predicted octanol–water partition coefficient (Wildman–Crippen LogP) is 2.50. The molecule has 0 bridgehead atoms. The van der Waals surface area contributed by atoms with Crippen molar-refractivity contribution in [1.82, 2.24) is 10.1 Å². The summed E-state index contributed by atoms with van der Waals surface area (Å²) in [6, 6.07) is 7.32. The van der Waals surface area contributed by atoms with Gasteiger partial charge >= 0.3 is 0 Å².